The average molecular weight is 371 g/mol. The van der Waals surface area contributed by atoms with Crippen molar-refractivity contribution in [2.45, 2.75) is 39.5 Å². The van der Waals surface area contributed by atoms with Crippen molar-refractivity contribution in [1.82, 2.24) is 5.32 Å². The lowest BCUT2D eigenvalue weighted by Gasteiger charge is -2.23. The number of carboxylic acids is 1. The first kappa shape index (κ1) is 20.5. The number of benzene rings is 2. The zero-order valence-electron chi connectivity index (χ0n) is 15.7. The van der Waals surface area contributed by atoms with E-state index in [-0.39, 0.29) is 35.8 Å². The number of carboxylic acid groups (broad SMARTS) is 1. The minimum atomic E-state index is -0.985. The first-order valence-electron chi connectivity index (χ1n) is 8.81. The van der Waals surface area contributed by atoms with Gasteiger partial charge in [-0.05, 0) is 48.2 Å². The molecule has 27 heavy (non-hydrogen) atoms. The largest absolute Gasteiger partial charge is 0.508 e. The monoisotopic (exact) mass is 371 g/mol. The number of nitrogens with one attached hydrogen (secondary N) is 1. The first-order valence-corrected chi connectivity index (χ1v) is 8.81. The third-order valence-corrected chi connectivity index (χ3v) is 4.25. The molecule has 1 amide bonds. The van der Waals surface area contributed by atoms with Gasteiger partial charge >= 0.3 is 5.97 Å². The van der Waals surface area contributed by atoms with Gasteiger partial charge in [-0.3, -0.25) is 4.79 Å². The van der Waals surface area contributed by atoms with Gasteiger partial charge in [0.05, 0.1) is 18.2 Å². The molecule has 0 saturated carbocycles. The van der Waals surface area contributed by atoms with Crippen LogP contribution in [0, 0.1) is 5.92 Å². The van der Waals surface area contributed by atoms with Crippen LogP contribution in [0.2, 0.25) is 0 Å². The number of phenols is 1. The summed E-state index contributed by atoms with van der Waals surface area (Å²) in [7, 11) is 0. The van der Waals surface area contributed by atoms with Crippen LogP contribution in [0.1, 0.15) is 48.3 Å². The van der Waals surface area contributed by atoms with E-state index < -0.39 is 12.1 Å². The van der Waals surface area contributed by atoms with Crippen molar-refractivity contribution in [2.75, 3.05) is 0 Å². The van der Waals surface area contributed by atoms with Crippen LogP contribution in [-0.2, 0) is 16.1 Å². The SMILES string of the molecule is CC(C)[C@@H](OCc1ccc(O)cc1)C(=O)N[C@@H](C)c1ccc(C(=O)O)cc1. The van der Waals surface area contributed by atoms with E-state index in [0.29, 0.717) is 0 Å². The molecule has 2 aromatic rings. The lowest BCUT2D eigenvalue weighted by molar-refractivity contribution is -0.137. The molecule has 2 rings (SSSR count). The zero-order chi connectivity index (χ0) is 20.0. The van der Waals surface area contributed by atoms with Crippen LogP contribution in [0.4, 0.5) is 0 Å². The van der Waals surface area contributed by atoms with Gasteiger partial charge < -0.3 is 20.3 Å². The van der Waals surface area contributed by atoms with E-state index in [1.807, 2.05) is 20.8 Å². The van der Waals surface area contributed by atoms with Crippen LogP contribution in [0.5, 0.6) is 5.75 Å². The Morgan fingerprint density at radius 2 is 1.59 bits per heavy atom. The molecule has 0 unspecified atom stereocenters. The van der Waals surface area contributed by atoms with Crippen molar-refractivity contribution in [2.24, 2.45) is 5.92 Å². The van der Waals surface area contributed by atoms with Crippen molar-refractivity contribution in [3.63, 3.8) is 0 Å². The van der Waals surface area contributed by atoms with E-state index in [0.717, 1.165) is 11.1 Å². The van der Waals surface area contributed by atoms with E-state index in [9.17, 15) is 14.7 Å². The van der Waals surface area contributed by atoms with Gasteiger partial charge in [0.1, 0.15) is 11.9 Å². The number of carbonyl (C=O) groups is 2. The van der Waals surface area contributed by atoms with E-state index >= 15 is 0 Å². The maximum absolute atomic E-state index is 12.6. The highest BCUT2D eigenvalue weighted by atomic mass is 16.5. The summed E-state index contributed by atoms with van der Waals surface area (Å²) in [5.41, 5.74) is 1.88. The van der Waals surface area contributed by atoms with E-state index in [1.54, 1.807) is 36.4 Å². The highest BCUT2D eigenvalue weighted by Crippen LogP contribution is 2.17. The standard InChI is InChI=1S/C21H25NO5/c1-13(2)19(27-12-15-4-10-18(23)11-5-15)20(24)22-14(3)16-6-8-17(9-7-16)21(25)26/h4-11,13-14,19,23H,12H2,1-3H3,(H,22,24)(H,25,26)/t14-,19+/m0/s1. The third kappa shape index (κ3) is 5.82. The fraction of sp³-hybridized carbons (Fsp3) is 0.333. The van der Waals surface area contributed by atoms with Crippen molar-refractivity contribution in [1.29, 1.82) is 0 Å². The summed E-state index contributed by atoms with van der Waals surface area (Å²) < 4.78 is 5.81. The maximum atomic E-state index is 12.6. The van der Waals surface area contributed by atoms with E-state index in [1.165, 1.54) is 12.1 Å². The van der Waals surface area contributed by atoms with Crippen LogP contribution in [0.15, 0.2) is 48.5 Å². The molecule has 0 spiro atoms. The molecule has 3 N–H and O–H groups in total. The summed E-state index contributed by atoms with van der Waals surface area (Å²) in [5, 5.41) is 21.2. The van der Waals surface area contributed by atoms with Gasteiger partial charge in [0.2, 0.25) is 5.91 Å². The van der Waals surface area contributed by atoms with Gasteiger partial charge in [-0.15, -0.1) is 0 Å². The molecule has 144 valence electrons. The quantitative estimate of drug-likeness (QED) is 0.660. The molecule has 0 aliphatic heterocycles. The molecule has 0 fully saturated rings. The highest BCUT2D eigenvalue weighted by molar-refractivity contribution is 5.87. The number of hydrogen-bond donors (Lipinski definition) is 3. The number of ether oxygens (including phenoxy) is 1. The molecule has 0 aromatic heterocycles. The Balaban J connectivity index is 1.98. The van der Waals surface area contributed by atoms with Crippen LogP contribution < -0.4 is 5.32 Å². The van der Waals surface area contributed by atoms with Gasteiger partial charge in [0.25, 0.3) is 0 Å². The molecule has 0 bridgehead atoms. The molecule has 0 aliphatic carbocycles. The summed E-state index contributed by atoms with van der Waals surface area (Å²) >= 11 is 0. The second kappa shape index (κ2) is 9.19. The molecule has 2 atom stereocenters. The number of rotatable bonds is 8. The Hall–Kier alpha value is -2.86. The van der Waals surface area contributed by atoms with Crippen LogP contribution in [0.3, 0.4) is 0 Å². The van der Waals surface area contributed by atoms with Crippen molar-refractivity contribution >= 4 is 11.9 Å². The molecule has 2 aromatic carbocycles. The average Bonchev–Trinajstić information content (AvgIpc) is 2.63. The minimum Gasteiger partial charge on any atom is -0.508 e. The summed E-state index contributed by atoms with van der Waals surface area (Å²) in [6.07, 6.45) is -0.625. The highest BCUT2D eigenvalue weighted by Gasteiger charge is 2.24. The van der Waals surface area contributed by atoms with E-state index in [4.69, 9.17) is 9.84 Å². The van der Waals surface area contributed by atoms with E-state index in [2.05, 4.69) is 5.32 Å². The fourth-order valence-electron chi connectivity index (χ4n) is 2.64. The van der Waals surface area contributed by atoms with Gasteiger partial charge in [-0.25, -0.2) is 4.79 Å². The van der Waals surface area contributed by atoms with Gasteiger partial charge in [-0.1, -0.05) is 38.1 Å². The van der Waals surface area contributed by atoms with Crippen molar-refractivity contribution in [3.05, 3.63) is 65.2 Å². The molecular weight excluding hydrogens is 346 g/mol. The fourth-order valence-corrected chi connectivity index (χ4v) is 2.64. The number of aromatic carboxylic acids is 1. The number of hydrogen-bond acceptors (Lipinski definition) is 4. The number of phenolic OH excluding ortho intramolecular Hbond substituents is 1. The predicted molar refractivity (Wildman–Crippen MR) is 101 cm³/mol. The molecule has 0 aliphatic rings. The maximum Gasteiger partial charge on any atom is 0.335 e. The Morgan fingerprint density at radius 1 is 1.00 bits per heavy atom. The summed E-state index contributed by atoms with van der Waals surface area (Å²) in [4.78, 5) is 23.6. The summed E-state index contributed by atoms with van der Waals surface area (Å²) in [5.74, 6) is -1.05. The van der Waals surface area contributed by atoms with Crippen molar-refractivity contribution in [3.8, 4) is 5.75 Å². The predicted octanol–water partition coefficient (Wildman–Crippen LogP) is 3.51. The number of aromatic hydroxyl groups is 1. The molecule has 6 heteroatoms. The topological polar surface area (TPSA) is 95.9 Å². The molecule has 6 nitrogen and oxygen atoms in total. The van der Waals surface area contributed by atoms with Crippen LogP contribution in [-0.4, -0.2) is 28.2 Å². The molecule has 0 saturated heterocycles. The smallest absolute Gasteiger partial charge is 0.335 e. The summed E-state index contributed by atoms with van der Waals surface area (Å²) in [6, 6.07) is 12.8. The normalized spacial score (nSPS) is 13.2. The number of amides is 1. The third-order valence-electron chi connectivity index (χ3n) is 4.25. The minimum absolute atomic E-state index is 0.0244. The van der Waals surface area contributed by atoms with Gasteiger partial charge in [0.15, 0.2) is 0 Å². The molecular formula is C21H25NO5. The van der Waals surface area contributed by atoms with Gasteiger partial charge in [-0.2, -0.15) is 0 Å². The van der Waals surface area contributed by atoms with Gasteiger partial charge in [0, 0.05) is 0 Å². The Kier molecular flexibility index (Phi) is 6.96. The Bertz CT molecular complexity index is 768. The second-order valence-corrected chi connectivity index (χ2v) is 6.80. The Labute approximate surface area is 158 Å². The summed E-state index contributed by atoms with van der Waals surface area (Å²) in [6.45, 7) is 5.92. The molecule has 0 heterocycles. The first-order chi connectivity index (χ1) is 12.8. The van der Waals surface area contributed by atoms with Crippen LogP contribution >= 0.6 is 0 Å². The van der Waals surface area contributed by atoms with Crippen LogP contribution in [0.25, 0.3) is 0 Å². The number of carbonyl (C=O) groups excluding carboxylic acids is 1. The lowest BCUT2D eigenvalue weighted by Crippen LogP contribution is -2.40. The van der Waals surface area contributed by atoms with Crippen molar-refractivity contribution < 1.29 is 24.5 Å². The second-order valence-electron chi connectivity index (χ2n) is 6.80. The zero-order valence-corrected chi connectivity index (χ0v) is 15.7. The lowest BCUT2D eigenvalue weighted by atomic mass is 10.0. The molecule has 0 radical (unpaired) electrons. The Morgan fingerprint density at radius 3 is 2.11 bits per heavy atom.